The summed E-state index contributed by atoms with van der Waals surface area (Å²) in [5.41, 5.74) is 1.67. The molecule has 0 aliphatic heterocycles. The molecule has 2 aromatic rings. The third-order valence-electron chi connectivity index (χ3n) is 2.78. The summed E-state index contributed by atoms with van der Waals surface area (Å²) in [4.78, 5) is 13.9. The lowest BCUT2D eigenvalue weighted by atomic mass is 10.1. The molecule has 0 radical (unpaired) electrons. The van der Waals surface area contributed by atoms with Crippen molar-refractivity contribution < 1.29 is 4.79 Å². The maximum Gasteiger partial charge on any atom is 0.253 e. The number of carbonyl (C=O) groups excluding carboxylic acids is 1. The molecular formula is C15H13BrClNO. The molecule has 98 valence electrons. The van der Waals surface area contributed by atoms with E-state index in [0.29, 0.717) is 17.1 Å². The minimum absolute atomic E-state index is 0.0433. The highest BCUT2D eigenvalue weighted by Gasteiger charge is 2.13. The Balaban J connectivity index is 2.14. The molecule has 1 amide bonds. The van der Waals surface area contributed by atoms with Gasteiger partial charge in [-0.05, 0) is 29.8 Å². The summed E-state index contributed by atoms with van der Waals surface area (Å²) in [5.74, 6) is -0.0433. The molecule has 0 aliphatic rings. The van der Waals surface area contributed by atoms with E-state index in [1.54, 1.807) is 36.2 Å². The largest absolute Gasteiger partial charge is 0.337 e. The predicted octanol–water partition coefficient (Wildman–Crippen LogP) is 4.37. The number of amides is 1. The highest BCUT2D eigenvalue weighted by Crippen LogP contribution is 2.19. The summed E-state index contributed by atoms with van der Waals surface area (Å²) >= 11 is 9.38. The van der Waals surface area contributed by atoms with Crippen molar-refractivity contribution in [1.29, 1.82) is 0 Å². The number of rotatable bonds is 3. The molecule has 0 unspecified atom stereocenters. The van der Waals surface area contributed by atoms with Crippen molar-refractivity contribution in [3.05, 3.63) is 69.2 Å². The first-order chi connectivity index (χ1) is 9.08. The Kier molecular flexibility index (Phi) is 4.61. The molecule has 2 rings (SSSR count). The van der Waals surface area contributed by atoms with E-state index in [9.17, 15) is 4.79 Å². The van der Waals surface area contributed by atoms with Gasteiger partial charge >= 0.3 is 0 Å². The third kappa shape index (κ3) is 3.58. The molecule has 2 nitrogen and oxygen atoms in total. The van der Waals surface area contributed by atoms with Gasteiger partial charge in [0, 0.05) is 28.7 Å². The van der Waals surface area contributed by atoms with Crippen LogP contribution in [0.3, 0.4) is 0 Å². The molecule has 0 aliphatic carbocycles. The van der Waals surface area contributed by atoms with E-state index in [2.05, 4.69) is 15.9 Å². The van der Waals surface area contributed by atoms with Crippen LogP contribution >= 0.6 is 27.5 Å². The second kappa shape index (κ2) is 6.22. The second-order valence-electron chi connectivity index (χ2n) is 4.26. The second-order valence-corrected chi connectivity index (χ2v) is 5.55. The van der Waals surface area contributed by atoms with Crippen LogP contribution < -0.4 is 0 Å². The average Bonchev–Trinajstić information content (AvgIpc) is 2.40. The monoisotopic (exact) mass is 337 g/mol. The number of hydrogen-bond acceptors (Lipinski definition) is 1. The van der Waals surface area contributed by atoms with Gasteiger partial charge in [-0.15, -0.1) is 0 Å². The molecular weight excluding hydrogens is 326 g/mol. The van der Waals surface area contributed by atoms with Crippen molar-refractivity contribution in [1.82, 2.24) is 4.90 Å². The summed E-state index contributed by atoms with van der Waals surface area (Å²) < 4.78 is 1.00. The van der Waals surface area contributed by atoms with Gasteiger partial charge in [-0.3, -0.25) is 4.79 Å². The van der Waals surface area contributed by atoms with Crippen LogP contribution in [0.2, 0.25) is 5.02 Å². The Bertz CT molecular complexity index is 600. The van der Waals surface area contributed by atoms with Crippen LogP contribution in [-0.2, 0) is 6.54 Å². The Labute approximate surface area is 126 Å². The third-order valence-corrected chi connectivity index (χ3v) is 3.79. The van der Waals surface area contributed by atoms with Crippen LogP contribution in [0.5, 0.6) is 0 Å². The van der Waals surface area contributed by atoms with Crippen molar-refractivity contribution in [2.75, 3.05) is 7.05 Å². The Morgan fingerprint density at radius 2 is 1.95 bits per heavy atom. The van der Waals surface area contributed by atoms with Gasteiger partial charge in [0.1, 0.15) is 0 Å². The zero-order valence-electron chi connectivity index (χ0n) is 10.4. The van der Waals surface area contributed by atoms with Gasteiger partial charge in [0.25, 0.3) is 5.91 Å². The van der Waals surface area contributed by atoms with Crippen molar-refractivity contribution >= 4 is 33.4 Å². The number of benzene rings is 2. The lowest BCUT2D eigenvalue weighted by Crippen LogP contribution is -2.26. The van der Waals surface area contributed by atoms with Gasteiger partial charge < -0.3 is 4.90 Å². The minimum atomic E-state index is -0.0433. The molecule has 0 bridgehead atoms. The van der Waals surface area contributed by atoms with Gasteiger partial charge in [0.05, 0.1) is 0 Å². The summed E-state index contributed by atoms with van der Waals surface area (Å²) in [7, 11) is 1.78. The lowest BCUT2D eigenvalue weighted by Gasteiger charge is -2.18. The zero-order valence-corrected chi connectivity index (χ0v) is 12.8. The fourth-order valence-electron chi connectivity index (χ4n) is 1.80. The van der Waals surface area contributed by atoms with E-state index in [4.69, 9.17) is 11.6 Å². The topological polar surface area (TPSA) is 20.3 Å². The van der Waals surface area contributed by atoms with Gasteiger partial charge in [0.15, 0.2) is 0 Å². The highest BCUT2D eigenvalue weighted by atomic mass is 79.9. The van der Waals surface area contributed by atoms with E-state index < -0.39 is 0 Å². The SMILES string of the molecule is CN(Cc1ccccc1Br)C(=O)c1cccc(Cl)c1. The van der Waals surface area contributed by atoms with Crippen molar-refractivity contribution in [2.45, 2.75) is 6.54 Å². The van der Waals surface area contributed by atoms with E-state index in [1.807, 2.05) is 24.3 Å². The molecule has 0 atom stereocenters. The number of nitrogens with zero attached hydrogens (tertiary/aromatic N) is 1. The quantitative estimate of drug-likeness (QED) is 0.813. The van der Waals surface area contributed by atoms with Crippen molar-refractivity contribution in [3.63, 3.8) is 0 Å². The molecule has 0 saturated heterocycles. The van der Waals surface area contributed by atoms with Crippen molar-refractivity contribution in [2.24, 2.45) is 0 Å². The highest BCUT2D eigenvalue weighted by molar-refractivity contribution is 9.10. The molecule has 0 aromatic heterocycles. The molecule has 0 fully saturated rings. The summed E-state index contributed by atoms with van der Waals surface area (Å²) in [6.07, 6.45) is 0. The smallest absolute Gasteiger partial charge is 0.253 e. The minimum Gasteiger partial charge on any atom is -0.337 e. The molecule has 19 heavy (non-hydrogen) atoms. The molecule has 0 heterocycles. The first-order valence-corrected chi connectivity index (χ1v) is 6.99. The van der Waals surface area contributed by atoms with E-state index in [0.717, 1.165) is 10.0 Å². The first kappa shape index (κ1) is 14.1. The van der Waals surface area contributed by atoms with Crippen molar-refractivity contribution in [3.8, 4) is 0 Å². The molecule has 2 aromatic carbocycles. The Morgan fingerprint density at radius 3 is 2.63 bits per heavy atom. The van der Waals surface area contributed by atoms with E-state index in [-0.39, 0.29) is 5.91 Å². The predicted molar refractivity (Wildman–Crippen MR) is 81.4 cm³/mol. The van der Waals surface area contributed by atoms with Gasteiger partial charge in [-0.1, -0.05) is 51.8 Å². The van der Waals surface area contributed by atoms with Crippen LogP contribution in [-0.4, -0.2) is 17.9 Å². The van der Waals surface area contributed by atoms with Crippen LogP contribution in [0.25, 0.3) is 0 Å². The van der Waals surface area contributed by atoms with Crippen LogP contribution in [0, 0.1) is 0 Å². The van der Waals surface area contributed by atoms with Crippen LogP contribution in [0.1, 0.15) is 15.9 Å². The number of halogens is 2. The fourth-order valence-corrected chi connectivity index (χ4v) is 2.40. The van der Waals surface area contributed by atoms with Crippen LogP contribution in [0.15, 0.2) is 53.0 Å². The summed E-state index contributed by atoms with van der Waals surface area (Å²) in [6, 6.07) is 14.8. The summed E-state index contributed by atoms with van der Waals surface area (Å²) in [6.45, 7) is 0.548. The standard InChI is InChI=1S/C15H13BrClNO/c1-18(10-12-5-2-3-8-14(12)16)15(19)11-6-4-7-13(17)9-11/h2-9H,10H2,1H3. The first-order valence-electron chi connectivity index (χ1n) is 5.82. The Morgan fingerprint density at radius 1 is 1.21 bits per heavy atom. The average molecular weight is 339 g/mol. The zero-order chi connectivity index (χ0) is 13.8. The fraction of sp³-hybridized carbons (Fsp3) is 0.133. The normalized spacial score (nSPS) is 10.3. The Hall–Kier alpha value is -1.32. The van der Waals surface area contributed by atoms with Gasteiger partial charge in [-0.2, -0.15) is 0 Å². The van der Waals surface area contributed by atoms with Gasteiger partial charge in [-0.25, -0.2) is 0 Å². The molecule has 0 spiro atoms. The lowest BCUT2D eigenvalue weighted by molar-refractivity contribution is 0.0785. The maximum atomic E-state index is 12.3. The number of hydrogen-bond donors (Lipinski definition) is 0. The molecule has 4 heteroatoms. The van der Waals surface area contributed by atoms with E-state index in [1.165, 1.54) is 0 Å². The molecule has 0 saturated carbocycles. The van der Waals surface area contributed by atoms with Gasteiger partial charge in [0.2, 0.25) is 0 Å². The molecule has 0 N–H and O–H groups in total. The number of carbonyl (C=O) groups is 1. The maximum absolute atomic E-state index is 12.3. The van der Waals surface area contributed by atoms with Crippen LogP contribution in [0.4, 0.5) is 0 Å². The summed E-state index contributed by atoms with van der Waals surface area (Å²) in [5, 5.41) is 0.570. The van der Waals surface area contributed by atoms with E-state index >= 15 is 0 Å².